The smallest absolute Gasteiger partial charge is 0.229 e. The average Bonchev–Trinajstić information content (AvgIpc) is 3.14. The molecule has 1 saturated carbocycles. The van der Waals surface area contributed by atoms with E-state index >= 15 is 0 Å². The molecule has 0 atom stereocenters. The fourth-order valence-corrected chi connectivity index (χ4v) is 4.57. The van der Waals surface area contributed by atoms with Crippen LogP contribution in [0.15, 0.2) is 30.5 Å². The quantitative estimate of drug-likeness (QED) is 0.391. The van der Waals surface area contributed by atoms with Crippen LogP contribution >= 0.6 is 0 Å². The van der Waals surface area contributed by atoms with Gasteiger partial charge in [-0.3, -0.25) is 4.72 Å². The highest BCUT2D eigenvalue weighted by Crippen LogP contribution is 2.31. The zero-order valence-corrected chi connectivity index (χ0v) is 19.9. The second-order valence-corrected chi connectivity index (χ2v) is 10.2. The Morgan fingerprint density at radius 2 is 1.88 bits per heavy atom. The summed E-state index contributed by atoms with van der Waals surface area (Å²) in [5.74, 6) is 2.17. The van der Waals surface area contributed by atoms with Crippen molar-refractivity contribution in [2.24, 2.45) is 5.73 Å². The SMILES string of the molecule is CCOc1ccc(Nc2c(C)c(NC3CCC(N)CC3)nc3c(NS(C)(=O)=O)cnn23)cc1. The highest BCUT2D eigenvalue weighted by molar-refractivity contribution is 7.92. The first-order chi connectivity index (χ1) is 15.7. The van der Waals surface area contributed by atoms with Gasteiger partial charge in [0, 0.05) is 23.3 Å². The van der Waals surface area contributed by atoms with Gasteiger partial charge in [-0.05, 0) is 63.8 Å². The number of rotatable bonds is 8. The van der Waals surface area contributed by atoms with Crippen molar-refractivity contribution in [3.05, 3.63) is 36.0 Å². The van der Waals surface area contributed by atoms with Crippen molar-refractivity contribution < 1.29 is 13.2 Å². The number of sulfonamides is 1. The molecule has 0 aliphatic heterocycles. The van der Waals surface area contributed by atoms with E-state index in [0.29, 0.717) is 29.6 Å². The number of anilines is 4. The summed E-state index contributed by atoms with van der Waals surface area (Å²) < 4.78 is 33.4. The predicted octanol–water partition coefficient (Wildman–Crippen LogP) is 3.23. The second kappa shape index (κ2) is 9.44. The average molecular weight is 474 g/mol. The van der Waals surface area contributed by atoms with E-state index in [9.17, 15) is 8.42 Å². The summed E-state index contributed by atoms with van der Waals surface area (Å²) >= 11 is 0. The van der Waals surface area contributed by atoms with Crippen LogP contribution < -0.4 is 25.8 Å². The van der Waals surface area contributed by atoms with E-state index in [4.69, 9.17) is 15.5 Å². The number of hydrogen-bond acceptors (Lipinski definition) is 8. The Bertz CT molecular complexity index is 1220. The van der Waals surface area contributed by atoms with Crippen LogP contribution in [0.5, 0.6) is 5.75 Å². The van der Waals surface area contributed by atoms with Gasteiger partial charge in [0.15, 0.2) is 5.65 Å². The summed E-state index contributed by atoms with van der Waals surface area (Å²) in [6, 6.07) is 8.13. The van der Waals surface area contributed by atoms with Gasteiger partial charge in [-0.25, -0.2) is 13.4 Å². The highest BCUT2D eigenvalue weighted by atomic mass is 32.2. The van der Waals surface area contributed by atoms with E-state index in [1.54, 1.807) is 4.52 Å². The van der Waals surface area contributed by atoms with E-state index in [-0.39, 0.29) is 12.1 Å². The molecule has 33 heavy (non-hydrogen) atoms. The molecular weight excluding hydrogens is 442 g/mol. The maximum atomic E-state index is 11.9. The number of aromatic nitrogens is 3. The number of nitrogens with two attached hydrogens (primary N) is 1. The number of nitrogens with zero attached hydrogens (tertiary/aromatic N) is 3. The molecule has 178 valence electrons. The lowest BCUT2D eigenvalue weighted by atomic mass is 9.92. The lowest BCUT2D eigenvalue weighted by Gasteiger charge is -2.28. The van der Waals surface area contributed by atoms with Crippen LogP contribution in [0.25, 0.3) is 5.65 Å². The normalized spacial score (nSPS) is 18.8. The molecular formula is C22H31N7O3S. The number of benzene rings is 1. The van der Waals surface area contributed by atoms with E-state index in [1.165, 1.54) is 6.20 Å². The molecule has 0 saturated heterocycles. The highest BCUT2D eigenvalue weighted by Gasteiger charge is 2.22. The lowest BCUT2D eigenvalue weighted by molar-refractivity contribution is 0.340. The molecule has 0 unspecified atom stereocenters. The Hall–Kier alpha value is -3.05. The van der Waals surface area contributed by atoms with Gasteiger partial charge < -0.3 is 21.1 Å². The first kappa shape index (κ1) is 23.1. The first-order valence-electron chi connectivity index (χ1n) is 11.1. The van der Waals surface area contributed by atoms with Gasteiger partial charge in [0.25, 0.3) is 0 Å². The molecule has 1 aromatic carbocycles. The number of fused-ring (bicyclic) bond motifs is 1. The Morgan fingerprint density at radius 1 is 1.18 bits per heavy atom. The van der Waals surface area contributed by atoms with Gasteiger partial charge >= 0.3 is 0 Å². The van der Waals surface area contributed by atoms with Crippen molar-refractivity contribution in [1.29, 1.82) is 0 Å². The standard InChI is InChI=1S/C22H31N7O3S/c1-4-32-18-11-9-17(10-12-18)26-21-14(2)20(25-16-7-5-15(23)6-8-16)27-22-19(13-24-29(21)22)28-33(3,30)31/h9-13,15-16,26,28H,4-8,23H2,1-3H3,(H,25,27). The molecule has 2 heterocycles. The molecule has 5 N–H and O–H groups in total. The third kappa shape index (κ3) is 5.48. The molecule has 3 aromatic rings. The van der Waals surface area contributed by atoms with Gasteiger partial charge in [0.1, 0.15) is 23.1 Å². The van der Waals surface area contributed by atoms with Crippen LogP contribution in [0.3, 0.4) is 0 Å². The maximum absolute atomic E-state index is 11.9. The molecule has 0 bridgehead atoms. The zero-order valence-electron chi connectivity index (χ0n) is 19.1. The Labute approximate surface area is 194 Å². The van der Waals surface area contributed by atoms with E-state index in [1.807, 2.05) is 38.1 Å². The van der Waals surface area contributed by atoms with Gasteiger partial charge in [-0.15, -0.1) is 0 Å². The van der Waals surface area contributed by atoms with Gasteiger partial charge in [-0.2, -0.15) is 9.61 Å². The van der Waals surface area contributed by atoms with Gasteiger partial charge in [0.2, 0.25) is 10.0 Å². The summed E-state index contributed by atoms with van der Waals surface area (Å²) in [4.78, 5) is 4.74. The summed E-state index contributed by atoms with van der Waals surface area (Å²) in [7, 11) is -3.49. The summed E-state index contributed by atoms with van der Waals surface area (Å²) in [5.41, 5.74) is 8.51. The predicted molar refractivity (Wildman–Crippen MR) is 131 cm³/mol. The van der Waals surface area contributed by atoms with Crippen molar-refractivity contribution in [3.8, 4) is 5.75 Å². The third-order valence-corrected chi connectivity index (χ3v) is 6.31. The number of nitrogens with one attached hydrogen (secondary N) is 3. The zero-order chi connectivity index (χ0) is 23.6. The van der Waals surface area contributed by atoms with Crippen LogP contribution in [-0.4, -0.2) is 48.0 Å². The van der Waals surface area contributed by atoms with Crippen LogP contribution in [0, 0.1) is 6.92 Å². The van der Waals surface area contributed by atoms with E-state index in [0.717, 1.165) is 48.9 Å². The molecule has 0 spiro atoms. The molecule has 2 aromatic heterocycles. The van der Waals surface area contributed by atoms with Gasteiger partial charge in [-0.1, -0.05) is 0 Å². The molecule has 10 nitrogen and oxygen atoms in total. The molecule has 0 radical (unpaired) electrons. The molecule has 1 aliphatic rings. The summed E-state index contributed by atoms with van der Waals surface area (Å²) in [5, 5.41) is 11.4. The van der Waals surface area contributed by atoms with Crippen LogP contribution in [-0.2, 0) is 10.0 Å². The van der Waals surface area contributed by atoms with Crippen molar-refractivity contribution in [2.75, 3.05) is 28.2 Å². The first-order valence-corrected chi connectivity index (χ1v) is 13.0. The second-order valence-electron chi connectivity index (χ2n) is 8.44. The monoisotopic (exact) mass is 473 g/mol. The molecule has 1 aliphatic carbocycles. The lowest BCUT2D eigenvalue weighted by Crippen LogP contribution is -2.33. The third-order valence-electron chi connectivity index (χ3n) is 5.72. The summed E-state index contributed by atoms with van der Waals surface area (Å²) in [6.07, 6.45) is 6.42. The van der Waals surface area contributed by atoms with E-state index < -0.39 is 10.0 Å². The minimum atomic E-state index is -3.49. The van der Waals surface area contributed by atoms with Crippen molar-refractivity contribution >= 4 is 38.7 Å². The van der Waals surface area contributed by atoms with E-state index in [2.05, 4.69) is 20.5 Å². The van der Waals surface area contributed by atoms with Crippen molar-refractivity contribution in [2.45, 2.75) is 51.6 Å². The Balaban J connectivity index is 1.73. The molecule has 0 amide bonds. The maximum Gasteiger partial charge on any atom is 0.229 e. The van der Waals surface area contributed by atoms with Crippen molar-refractivity contribution in [1.82, 2.24) is 14.6 Å². The van der Waals surface area contributed by atoms with Crippen LogP contribution in [0.2, 0.25) is 0 Å². The molecule has 1 fully saturated rings. The van der Waals surface area contributed by atoms with Crippen LogP contribution in [0.1, 0.15) is 38.2 Å². The Morgan fingerprint density at radius 3 is 2.52 bits per heavy atom. The molecule has 11 heteroatoms. The minimum Gasteiger partial charge on any atom is -0.494 e. The summed E-state index contributed by atoms with van der Waals surface area (Å²) in [6.45, 7) is 4.50. The number of hydrogen-bond donors (Lipinski definition) is 4. The topological polar surface area (TPSA) is 136 Å². The minimum absolute atomic E-state index is 0.247. The number of ether oxygens (including phenoxy) is 1. The van der Waals surface area contributed by atoms with Crippen LogP contribution in [0.4, 0.5) is 23.0 Å². The Kier molecular flexibility index (Phi) is 6.61. The fraction of sp³-hybridized carbons (Fsp3) is 0.455. The largest absolute Gasteiger partial charge is 0.494 e. The molecule has 4 rings (SSSR count). The van der Waals surface area contributed by atoms with Crippen molar-refractivity contribution in [3.63, 3.8) is 0 Å². The fourth-order valence-electron chi connectivity index (χ4n) is 4.03. The van der Waals surface area contributed by atoms with Gasteiger partial charge in [0.05, 0.1) is 19.1 Å².